The summed E-state index contributed by atoms with van der Waals surface area (Å²) < 4.78 is 7.63. The van der Waals surface area contributed by atoms with Crippen molar-refractivity contribution in [2.24, 2.45) is 5.92 Å². The largest absolute Gasteiger partial charge is 0.474 e. The van der Waals surface area contributed by atoms with Gasteiger partial charge >= 0.3 is 0 Å². The van der Waals surface area contributed by atoms with Gasteiger partial charge in [-0.2, -0.15) is 5.10 Å². The van der Waals surface area contributed by atoms with E-state index in [1.165, 1.54) is 6.42 Å². The van der Waals surface area contributed by atoms with Crippen LogP contribution < -0.4 is 10.1 Å². The molecule has 2 heterocycles. The highest BCUT2D eigenvalue weighted by molar-refractivity contribution is 5.94. The van der Waals surface area contributed by atoms with Crippen LogP contribution in [0, 0.1) is 5.92 Å². The van der Waals surface area contributed by atoms with E-state index in [0.717, 1.165) is 25.8 Å². The quantitative estimate of drug-likeness (QED) is 0.823. The molecule has 138 valence electrons. The van der Waals surface area contributed by atoms with Gasteiger partial charge in [0.25, 0.3) is 5.91 Å². The Morgan fingerprint density at radius 3 is 2.96 bits per heavy atom. The monoisotopic (exact) mass is 356 g/mol. The predicted molar refractivity (Wildman–Crippen MR) is 94.7 cm³/mol. The number of amides is 1. The van der Waals surface area contributed by atoms with Gasteiger partial charge in [-0.1, -0.05) is 0 Å². The van der Waals surface area contributed by atoms with Crippen LogP contribution in [-0.2, 0) is 6.54 Å². The lowest BCUT2D eigenvalue weighted by Gasteiger charge is -2.25. The minimum atomic E-state index is -0.535. The molecule has 0 aliphatic heterocycles. The summed E-state index contributed by atoms with van der Waals surface area (Å²) in [6, 6.07) is 4.99. The van der Waals surface area contributed by atoms with Crippen molar-refractivity contribution in [3.8, 4) is 5.88 Å². The Labute approximate surface area is 152 Å². The number of aliphatic hydroxyl groups is 1. The van der Waals surface area contributed by atoms with Crippen molar-refractivity contribution >= 4 is 5.91 Å². The first-order chi connectivity index (χ1) is 12.7. The van der Waals surface area contributed by atoms with Crippen LogP contribution >= 0.6 is 0 Å². The number of nitrogens with zero attached hydrogens (tertiary/aromatic N) is 3. The Morgan fingerprint density at radius 1 is 1.35 bits per heavy atom. The maximum Gasteiger partial charge on any atom is 0.251 e. The van der Waals surface area contributed by atoms with E-state index in [4.69, 9.17) is 4.74 Å². The number of hydrogen-bond donors (Lipinski definition) is 2. The fourth-order valence-corrected chi connectivity index (χ4v) is 3.62. The minimum Gasteiger partial charge on any atom is -0.474 e. The molecule has 0 bridgehead atoms. The summed E-state index contributed by atoms with van der Waals surface area (Å²) in [7, 11) is 0. The Balaban J connectivity index is 1.34. The molecule has 4 rings (SSSR count). The molecule has 26 heavy (non-hydrogen) atoms. The molecule has 7 heteroatoms. The fourth-order valence-electron chi connectivity index (χ4n) is 3.62. The fraction of sp³-hybridized carbons (Fsp3) is 0.526. The number of aliphatic hydroxyl groups excluding tert-OH is 1. The molecule has 2 aromatic heterocycles. The molecule has 1 amide bonds. The predicted octanol–water partition coefficient (Wildman–Crippen LogP) is 1.78. The smallest absolute Gasteiger partial charge is 0.251 e. The lowest BCUT2D eigenvalue weighted by atomic mass is 9.96. The van der Waals surface area contributed by atoms with Crippen LogP contribution in [0.4, 0.5) is 0 Å². The number of carbonyl (C=O) groups excluding carboxylic acids is 1. The third-order valence-corrected chi connectivity index (χ3v) is 5.28. The Bertz CT molecular complexity index is 745. The van der Waals surface area contributed by atoms with E-state index in [-0.39, 0.29) is 18.1 Å². The van der Waals surface area contributed by atoms with Crippen LogP contribution in [0.5, 0.6) is 5.88 Å². The zero-order valence-electron chi connectivity index (χ0n) is 14.6. The van der Waals surface area contributed by atoms with Gasteiger partial charge in [-0.15, -0.1) is 0 Å². The Morgan fingerprint density at radius 2 is 2.23 bits per heavy atom. The Hall–Kier alpha value is -2.41. The number of carbonyl (C=O) groups is 1. The number of rotatable bonds is 6. The average molecular weight is 356 g/mol. The molecule has 3 atom stereocenters. The summed E-state index contributed by atoms with van der Waals surface area (Å²) >= 11 is 0. The molecular weight excluding hydrogens is 332 g/mol. The highest BCUT2D eigenvalue weighted by atomic mass is 16.5. The molecule has 1 unspecified atom stereocenters. The topological polar surface area (TPSA) is 89.3 Å². The first-order valence-corrected chi connectivity index (χ1v) is 9.26. The first kappa shape index (κ1) is 17.0. The van der Waals surface area contributed by atoms with E-state index < -0.39 is 6.10 Å². The zero-order valence-corrected chi connectivity index (χ0v) is 14.6. The molecule has 0 saturated heterocycles. The van der Waals surface area contributed by atoms with Gasteiger partial charge in [0, 0.05) is 36.8 Å². The number of ether oxygens (including phenoxy) is 1. The zero-order chi connectivity index (χ0) is 17.9. The molecule has 2 fully saturated rings. The highest BCUT2D eigenvalue weighted by Gasteiger charge is 2.34. The highest BCUT2D eigenvalue weighted by Crippen LogP contribution is 2.28. The second-order valence-corrected chi connectivity index (χ2v) is 7.27. The van der Waals surface area contributed by atoms with Gasteiger partial charge < -0.3 is 15.2 Å². The normalized spacial score (nSPS) is 25.7. The van der Waals surface area contributed by atoms with Crippen molar-refractivity contribution in [2.45, 2.75) is 56.9 Å². The summed E-state index contributed by atoms with van der Waals surface area (Å²) in [5, 5.41) is 17.5. The van der Waals surface area contributed by atoms with Gasteiger partial charge in [0.05, 0.1) is 12.1 Å². The van der Waals surface area contributed by atoms with Crippen LogP contribution in [-0.4, -0.2) is 44.0 Å². The van der Waals surface area contributed by atoms with Crippen molar-refractivity contribution < 1.29 is 14.6 Å². The average Bonchev–Trinajstić information content (AvgIpc) is 3.22. The van der Waals surface area contributed by atoms with Crippen LogP contribution in [0.15, 0.2) is 36.8 Å². The number of nitrogens with one attached hydrogen (secondary N) is 1. The van der Waals surface area contributed by atoms with E-state index in [1.807, 2.05) is 16.9 Å². The lowest BCUT2D eigenvalue weighted by molar-refractivity contribution is 0.0869. The van der Waals surface area contributed by atoms with Crippen LogP contribution in [0.2, 0.25) is 0 Å². The van der Waals surface area contributed by atoms with Gasteiger partial charge in [0.1, 0.15) is 6.10 Å². The minimum absolute atomic E-state index is 0.199. The number of pyridine rings is 1. The molecule has 0 aromatic carbocycles. The van der Waals surface area contributed by atoms with Crippen molar-refractivity contribution in [2.75, 3.05) is 0 Å². The standard InChI is InChI=1S/C19H24N4O3/c24-17-10-13(12-23-8-2-6-21-23)9-16(17)22-19(25)14-5-7-20-18(11-14)26-15-3-1-4-15/h2,5-8,11,13,15-17,24H,1,3-4,9-10,12H2,(H,22,25)/t13?,16-,17-/m1/s1. The van der Waals surface area contributed by atoms with E-state index in [9.17, 15) is 9.90 Å². The molecule has 0 spiro atoms. The van der Waals surface area contributed by atoms with E-state index >= 15 is 0 Å². The van der Waals surface area contributed by atoms with E-state index in [1.54, 1.807) is 24.5 Å². The van der Waals surface area contributed by atoms with Gasteiger partial charge in [-0.3, -0.25) is 9.48 Å². The van der Waals surface area contributed by atoms with Gasteiger partial charge in [-0.05, 0) is 50.2 Å². The molecule has 2 aliphatic carbocycles. The second-order valence-electron chi connectivity index (χ2n) is 7.27. The van der Waals surface area contributed by atoms with Crippen LogP contribution in [0.1, 0.15) is 42.5 Å². The number of aromatic nitrogens is 3. The molecule has 2 aromatic rings. The van der Waals surface area contributed by atoms with E-state index in [0.29, 0.717) is 23.8 Å². The van der Waals surface area contributed by atoms with Crippen molar-refractivity contribution in [1.29, 1.82) is 0 Å². The van der Waals surface area contributed by atoms with E-state index in [2.05, 4.69) is 15.4 Å². The van der Waals surface area contributed by atoms with Crippen molar-refractivity contribution in [3.05, 3.63) is 42.4 Å². The molecule has 0 radical (unpaired) electrons. The lowest BCUT2D eigenvalue weighted by Crippen LogP contribution is -2.40. The van der Waals surface area contributed by atoms with Gasteiger partial charge in [0.15, 0.2) is 0 Å². The third kappa shape index (κ3) is 3.88. The maximum absolute atomic E-state index is 12.6. The van der Waals surface area contributed by atoms with Crippen molar-refractivity contribution in [3.63, 3.8) is 0 Å². The summed E-state index contributed by atoms with van der Waals surface area (Å²) in [5.74, 6) is 0.589. The van der Waals surface area contributed by atoms with Gasteiger partial charge in [0.2, 0.25) is 5.88 Å². The third-order valence-electron chi connectivity index (χ3n) is 5.28. The first-order valence-electron chi connectivity index (χ1n) is 9.26. The molecular formula is C19H24N4O3. The summed E-state index contributed by atoms with van der Waals surface area (Å²) in [4.78, 5) is 16.8. The molecule has 2 saturated carbocycles. The summed E-state index contributed by atoms with van der Waals surface area (Å²) in [6.07, 6.45) is 9.62. The molecule has 2 N–H and O–H groups in total. The molecule has 7 nitrogen and oxygen atoms in total. The van der Waals surface area contributed by atoms with Crippen LogP contribution in [0.3, 0.4) is 0 Å². The SMILES string of the molecule is O=C(N[C@@H]1CC(Cn2cccn2)C[C@H]1O)c1ccnc(OC2CCC2)c1. The second kappa shape index (κ2) is 7.45. The number of hydrogen-bond acceptors (Lipinski definition) is 5. The van der Waals surface area contributed by atoms with Crippen LogP contribution in [0.25, 0.3) is 0 Å². The maximum atomic E-state index is 12.6. The summed E-state index contributed by atoms with van der Waals surface area (Å²) in [6.45, 7) is 0.755. The summed E-state index contributed by atoms with van der Waals surface area (Å²) in [5.41, 5.74) is 0.511. The van der Waals surface area contributed by atoms with Gasteiger partial charge in [-0.25, -0.2) is 4.98 Å². The molecule has 2 aliphatic rings. The Kier molecular flexibility index (Phi) is 4.88. The van der Waals surface area contributed by atoms with Crippen molar-refractivity contribution in [1.82, 2.24) is 20.1 Å².